The number of nitrogens with zero attached hydrogens (tertiary/aromatic N) is 2. The monoisotopic (exact) mass is 306 g/mol. The lowest BCUT2D eigenvalue weighted by Crippen LogP contribution is -2.38. The second-order valence-electron chi connectivity index (χ2n) is 4.31. The predicted octanol–water partition coefficient (Wildman–Crippen LogP) is 1.69. The molecule has 0 saturated carbocycles. The summed E-state index contributed by atoms with van der Waals surface area (Å²) in [5, 5.41) is 8.44. The lowest BCUT2D eigenvalue weighted by atomic mass is 10.3. The molecule has 0 unspecified atom stereocenters. The van der Waals surface area contributed by atoms with Gasteiger partial charge in [-0.2, -0.15) is 0 Å². The third-order valence-corrected chi connectivity index (χ3v) is 3.66. The van der Waals surface area contributed by atoms with Gasteiger partial charge in [0.25, 0.3) is 0 Å². The van der Waals surface area contributed by atoms with Gasteiger partial charge in [0.05, 0.1) is 12.3 Å². The van der Waals surface area contributed by atoms with Crippen molar-refractivity contribution < 1.29 is 9.53 Å². The molecule has 0 fully saturated rings. The number of amides is 2. The molecule has 2 heterocycles. The molecule has 0 spiro atoms. The summed E-state index contributed by atoms with van der Waals surface area (Å²) in [7, 11) is 1.60. The summed E-state index contributed by atoms with van der Waals surface area (Å²) >= 11 is 1.58. The van der Waals surface area contributed by atoms with Crippen LogP contribution in [-0.2, 0) is 11.2 Å². The van der Waals surface area contributed by atoms with Gasteiger partial charge in [0.1, 0.15) is 5.01 Å². The first kappa shape index (κ1) is 15.4. The van der Waals surface area contributed by atoms with Crippen LogP contribution >= 0.6 is 11.3 Å². The molecule has 0 atom stereocenters. The molecule has 6 nitrogen and oxygen atoms in total. The number of methoxy groups -OCH3 is 1. The van der Waals surface area contributed by atoms with E-state index in [0.717, 1.165) is 16.3 Å². The van der Waals surface area contributed by atoms with Crippen LogP contribution in [0.4, 0.5) is 4.79 Å². The van der Waals surface area contributed by atoms with Gasteiger partial charge < -0.3 is 15.4 Å². The summed E-state index contributed by atoms with van der Waals surface area (Å²) in [6, 6.07) is 3.69. The van der Waals surface area contributed by atoms with Crippen LogP contribution in [0.5, 0.6) is 0 Å². The average molecular weight is 306 g/mol. The van der Waals surface area contributed by atoms with Crippen LogP contribution in [0.1, 0.15) is 5.69 Å². The highest BCUT2D eigenvalue weighted by molar-refractivity contribution is 7.13. The van der Waals surface area contributed by atoms with Crippen molar-refractivity contribution in [3.05, 3.63) is 35.6 Å². The summed E-state index contributed by atoms with van der Waals surface area (Å²) in [4.78, 5) is 20.1. The zero-order chi connectivity index (χ0) is 14.9. The first-order valence-electron chi connectivity index (χ1n) is 6.65. The fraction of sp³-hybridized carbons (Fsp3) is 0.357. The Hall–Kier alpha value is -1.99. The number of hydrogen-bond donors (Lipinski definition) is 2. The van der Waals surface area contributed by atoms with Crippen LogP contribution in [0, 0.1) is 0 Å². The maximum atomic E-state index is 11.4. The van der Waals surface area contributed by atoms with Crippen molar-refractivity contribution in [1.29, 1.82) is 0 Å². The molecule has 2 aromatic heterocycles. The van der Waals surface area contributed by atoms with Crippen LogP contribution < -0.4 is 10.6 Å². The zero-order valence-electron chi connectivity index (χ0n) is 11.8. The molecule has 2 N–H and O–H groups in total. The first-order chi connectivity index (χ1) is 10.3. The van der Waals surface area contributed by atoms with Gasteiger partial charge in [0.2, 0.25) is 0 Å². The fourth-order valence-corrected chi connectivity index (χ4v) is 2.52. The molecule has 2 aromatic rings. The highest BCUT2D eigenvalue weighted by Gasteiger charge is 2.05. The molecule has 0 bridgehead atoms. The third-order valence-electron chi connectivity index (χ3n) is 2.72. The topological polar surface area (TPSA) is 76.1 Å². The van der Waals surface area contributed by atoms with Crippen molar-refractivity contribution >= 4 is 17.4 Å². The summed E-state index contributed by atoms with van der Waals surface area (Å²) in [6.07, 6.45) is 4.24. The molecule has 7 heteroatoms. The molecule has 0 saturated heterocycles. The number of carbonyl (C=O) groups excluding carboxylic acids is 1. The van der Waals surface area contributed by atoms with Gasteiger partial charge >= 0.3 is 6.03 Å². The number of ether oxygens (including phenoxy) is 1. The van der Waals surface area contributed by atoms with E-state index >= 15 is 0 Å². The van der Waals surface area contributed by atoms with E-state index in [1.807, 2.05) is 17.5 Å². The molecule has 2 rings (SSSR count). The van der Waals surface area contributed by atoms with E-state index in [4.69, 9.17) is 4.74 Å². The number of urea groups is 1. The largest absolute Gasteiger partial charge is 0.383 e. The van der Waals surface area contributed by atoms with Crippen LogP contribution in [-0.4, -0.2) is 42.8 Å². The molecule has 112 valence electrons. The second-order valence-corrected chi connectivity index (χ2v) is 5.17. The first-order valence-corrected chi connectivity index (χ1v) is 7.53. The number of hydrogen-bond acceptors (Lipinski definition) is 5. The van der Waals surface area contributed by atoms with E-state index in [1.54, 1.807) is 30.8 Å². The normalized spacial score (nSPS) is 10.3. The van der Waals surface area contributed by atoms with E-state index in [1.165, 1.54) is 0 Å². The van der Waals surface area contributed by atoms with Gasteiger partial charge in [-0.3, -0.25) is 4.98 Å². The SMILES string of the molecule is COCCNC(=O)NCCc1csc(-c2cccnc2)n1. The quantitative estimate of drug-likeness (QED) is 0.763. The van der Waals surface area contributed by atoms with Crippen LogP contribution in [0.25, 0.3) is 10.6 Å². The fourth-order valence-electron chi connectivity index (χ4n) is 1.68. The zero-order valence-corrected chi connectivity index (χ0v) is 12.7. The molecule has 0 aliphatic carbocycles. The Kier molecular flexibility index (Phi) is 6.11. The maximum Gasteiger partial charge on any atom is 0.314 e. The van der Waals surface area contributed by atoms with Gasteiger partial charge in [-0.05, 0) is 12.1 Å². The second kappa shape index (κ2) is 8.33. The van der Waals surface area contributed by atoms with Gasteiger partial charge in [-0.1, -0.05) is 0 Å². The summed E-state index contributed by atoms with van der Waals surface area (Å²) in [5.74, 6) is 0. The minimum absolute atomic E-state index is 0.185. The number of pyridine rings is 1. The van der Waals surface area contributed by atoms with Crippen LogP contribution in [0.3, 0.4) is 0 Å². The number of aromatic nitrogens is 2. The molecule has 0 aliphatic heterocycles. The molecule has 21 heavy (non-hydrogen) atoms. The van der Waals surface area contributed by atoms with Crippen molar-refractivity contribution in [3.63, 3.8) is 0 Å². The standard InChI is InChI=1S/C14H18N4O2S/c1-20-8-7-17-14(19)16-6-4-12-10-21-13(18-12)11-3-2-5-15-9-11/h2-3,5,9-10H,4,6-8H2,1H3,(H2,16,17,19). The van der Waals surface area contributed by atoms with Crippen molar-refractivity contribution in [3.8, 4) is 10.6 Å². The molecular weight excluding hydrogens is 288 g/mol. The Morgan fingerprint density at radius 1 is 1.38 bits per heavy atom. The Labute approximate surface area is 127 Å². The highest BCUT2D eigenvalue weighted by Crippen LogP contribution is 2.22. The van der Waals surface area contributed by atoms with E-state index in [0.29, 0.717) is 26.1 Å². The van der Waals surface area contributed by atoms with E-state index in [2.05, 4.69) is 20.6 Å². The lowest BCUT2D eigenvalue weighted by molar-refractivity contribution is 0.196. The molecule has 0 radical (unpaired) electrons. The van der Waals surface area contributed by atoms with Crippen molar-refractivity contribution in [2.24, 2.45) is 0 Å². The Morgan fingerprint density at radius 3 is 3.00 bits per heavy atom. The third kappa shape index (κ3) is 5.13. The van der Waals surface area contributed by atoms with Gasteiger partial charge in [0.15, 0.2) is 0 Å². The van der Waals surface area contributed by atoms with Crippen molar-refractivity contribution in [2.75, 3.05) is 26.8 Å². The van der Waals surface area contributed by atoms with E-state index in [-0.39, 0.29) is 6.03 Å². The highest BCUT2D eigenvalue weighted by atomic mass is 32.1. The van der Waals surface area contributed by atoms with Crippen molar-refractivity contribution in [2.45, 2.75) is 6.42 Å². The number of thiazole rings is 1. The summed E-state index contributed by atoms with van der Waals surface area (Å²) in [5.41, 5.74) is 1.98. The maximum absolute atomic E-state index is 11.4. The minimum atomic E-state index is -0.185. The minimum Gasteiger partial charge on any atom is -0.383 e. The Balaban J connectivity index is 1.75. The molecule has 2 amide bonds. The van der Waals surface area contributed by atoms with Crippen LogP contribution in [0.2, 0.25) is 0 Å². The molecular formula is C14H18N4O2S. The van der Waals surface area contributed by atoms with Gasteiger partial charge in [-0.15, -0.1) is 11.3 Å². The smallest absolute Gasteiger partial charge is 0.314 e. The predicted molar refractivity (Wildman–Crippen MR) is 82.3 cm³/mol. The van der Waals surface area contributed by atoms with Crippen molar-refractivity contribution in [1.82, 2.24) is 20.6 Å². The Bertz CT molecular complexity index is 559. The molecule has 0 aliphatic rings. The Morgan fingerprint density at radius 2 is 2.24 bits per heavy atom. The van der Waals surface area contributed by atoms with E-state index in [9.17, 15) is 4.79 Å². The average Bonchev–Trinajstić information content (AvgIpc) is 2.97. The van der Waals surface area contributed by atoms with Crippen LogP contribution in [0.15, 0.2) is 29.9 Å². The number of nitrogens with one attached hydrogen (secondary N) is 2. The number of rotatable bonds is 7. The van der Waals surface area contributed by atoms with Gasteiger partial charge in [-0.25, -0.2) is 9.78 Å². The van der Waals surface area contributed by atoms with Gasteiger partial charge in [0, 0.05) is 50.0 Å². The summed E-state index contributed by atoms with van der Waals surface area (Å²) < 4.78 is 4.85. The van der Waals surface area contributed by atoms with E-state index < -0.39 is 0 Å². The molecule has 0 aromatic carbocycles. The lowest BCUT2D eigenvalue weighted by Gasteiger charge is -2.05. The summed E-state index contributed by atoms with van der Waals surface area (Å²) in [6.45, 7) is 1.56. The number of carbonyl (C=O) groups is 1.